The molecule has 2 nitrogen and oxygen atoms in total. The van der Waals surface area contributed by atoms with Crippen molar-refractivity contribution in [1.29, 1.82) is 0 Å². The molecule has 0 radical (unpaired) electrons. The van der Waals surface area contributed by atoms with Crippen LogP contribution in [0.15, 0.2) is 12.2 Å². The Morgan fingerprint density at radius 1 is 1.50 bits per heavy atom. The van der Waals surface area contributed by atoms with Crippen molar-refractivity contribution in [3.05, 3.63) is 12.2 Å². The fourth-order valence-electron chi connectivity index (χ4n) is 1.16. The van der Waals surface area contributed by atoms with Crippen LogP contribution >= 0.6 is 0 Å². The molecule has 0 aromatic heterocycles. The summed E-state index contributed by atoms with van der Waals surface area (Å²) in [5.74, 6) is 0. The third-order valence-electron chi connectivity index (χ3n) is 1.96. The number of nitrogens with zero attached hydrogens (tertiary/aromatic N) is 1. The summed E-state index contributed by atoms with van der Waals surface area (Å²) in [5.41, 5.74) is 6.61. The first-order chi connectivity index (χ1) is 5.61. The van der Waals surface area contributed by atoms with Crippen molar-refractivity contribution >= 4 is 0 Å². The van der Waals surface area contributed by atoms with E-state index in [1.165, 1.54) is 6.42 Å². The minimum absolute atomic E-state index is 0.591. The fraction of sp³-hybridized carbons (Fsp3) is 0.800. The molecule has 0 aliphatic heterocycles. The molecule has 12 heavy (non-hydrogen) atoms. The van der Waals surface area contributed by atoms with Crippen LogP contribution in [-0.2, 0) is 0 Å². The van der Waals surface area contributed by atoms with E-state index >= 15 is 0 Å². The molecule has 0 saturated carbocycles. The molecule has 2 N–H and O–H groups in total. The molecule has 0 aliphatic carbocycles. The van der Waals surface area contributed by atoms with E-state index in [1.807, 2.05) is 0 Å². The van der Waals surface area contributed by atoms with E-state index in [0.717, 1.165) is 18.7 Å². The van der Waals surface area contributed by atoms with Gasteiger partial charge in [-0.1, -0.05) is 13.5 Å². The lowest BCUT2D eigenvalue weighted by Gasteiger charge is -2.26. The van der Waals surface area contributed by atoms with Gasteiger partial charge in [0.1, 0.15) is 0 Å². The van der Waals surface area contributed by atoms with Crippen molar-refractivity contribution in [2.24, 2.45) is 5.73 Å². The van der Waals surface area contributed by atoms with Crippen LogP contribution in [0.25, 0.3) is 0 Å². The molecule has 0 aromatic carbocycles. The molecule has 0 amide bonds. The van der Waals surface area contributed by atoms with E-state index in [4.69, 9.17) is 5.73 Å². The molecule has 0 atom stereocenters. The Labute approximate surface area is 76.4 Å². The maximum absolute atomic E-state index is 5.49. The molecule has 0 saturated heterocycles. The highest BCUT2D eigenvalue weighted by Gasteiger charge is 2.08. The predicted octanol–water partition coefficient (Wildman–Crippen LogP) is 1.62. The summed E-state index contributed by atoms with van der Waals surface area (Å²) < 4.78 is 0. The number of hydrogen-bond acceptors (Lipinski definition) is 2. The minimum atomic E-state index is 0.591. The molecule has 0 rings (SSSR count). The van der Waals surface area contributed by atoms with Crippen LogP contribution in [-0.4, -0.2) is 30.6 Å². The molecule has 0 fully saturated rings. The van der Waals surface area contributed by atoms with Crippen LogP contribution < -0.4 is 5.73 Å². The zero-order valence-electron chi connectivity index (χ0n) is 8.64. The van der Waals surface area contributed by atoms with Crippen LogP contribution in [0.3, 0.4) is 0 Å². The highest BCUT2D eigenvalue weighted by molar-refractivity contribution is 4.99. The highest BCUT2D eigenvalue weighted by atomic mass is 15.1. The third-order valence-corrected chi connectivity index (χ3v) is 1.96. The second-order valence-electron chi connectivity index (χ2n) is 3.52. The van der Waals surface area contributed by atoms with Crippen molar-refractivity contribution in [3.8, 4) is 0 Å². The lowest BCUT2D eigenvalue weighted by Crippen LogP contribution is -2.34. The Morgan fingerprint density at radius 3 is 2.42 bits per heavy atom. The lowest BCUT2D eigenvalue weighted by atomic mass is 10.2. The Morgan fingerprint density at radius 2 is 2.08 bits per heavy atom. The summed E-state index contributed by atoms with van der Waals surface area (Å²) >= 11 is 0. The van der Waals surface area contributed by atoms with Crippen molar-refractivity contribution in [3.63, 3.8) is 0 Å². The van der Waals surface area contributed by atoms with Crippen LogP contribution in [0.5, 0.6) is 0 Å². The Kier molecular flexibility index (Phi) is 6.03. The van der Waals surface area contributed by atoms with Crippen molar-refractivity contribution in [2.75, 3.05) is 19.6 Å². The van der Waals surface area contributed by atoms with Crippen LogP contribution in [0.2, 0.25) is 0 Å². The lowest BCUT2D eigenvalue weighted by molar-refractivity contribution is 0.240. The average Bonchev–Trinajstić information content (AvgIpc) is 2.03. The van der Waals surface area contributed by atoms with E-state index < -0.39 is 0 Å². The summed E-state index contributed by atoms with van der Waals surface area (Å²) in [5, 5.41) is 0. The largest absolute Gasteiger partial charge is 0.327 e. The molecule has 0 bridgehead atoms. The van der Waals surface area contributed by atoms with E-state index in [0.29, 0.717) is 12.6 Å². The fourth-order valence-corrected chi connectivity index (χ4v) is 1.16. The van der Waals surface area contributed by atoms with Gasteiger partial charge in [0.15, 0.2) is 0 Å². The van der Waals surface area contributed by atoms with Gasteiger partial charge in [0.05, 0.1) is 0 Å². The van der Waals surface area contributed by atoms with Crippen molar-refractivity contribution in [2.45, 2.75) is 33.2 Å². The quantitative estimate of drug-likeness (QED) is 0.614. The number of hydrogen-bond donors (Lipinski definition) is 1. The summed E-state index contributed by atoms with van der Waals surface area (Å²) in [6.07, 6.45) is 1.19. The van der Waals surface area contributed by atoms with Crippen LogP contribution in [0, 0.1) is 0 Å². The standard InChI is InChI=1S/C10H22N2/c1-5-6-12(9(2)3)8-10(4)7-11/h9H,4-8,11H2,1-3H3. The maximum atomic E-state index is 5.49. The van der Waals surface area contributed by atoms with Gasteiger partial charge in [-0.2, -0.15) is 0 Å². The first-order valence-corrected chi connectivity index (χ1v) is 4.72. The number of nitrogens with two attached hydrogens (primary N) is 1. The van der Waals surface area contributed by atoms with Gasteiger partial charge in [-0.05, 0) is 32.4 Å². The SMILES string of the molecule is C=C(CN)CN(CCC)C(C)C. The summed E-state index contributed by atoms with van der Waals surface area (Å²) in [7, 11) is 0. The van der Waals surface area contributed by atoms with Crippen molar-refractivity contribution in [1.82, 2.24) is 4.90 Å². The molecule has 0 aromatic rings. The van der Waals surface area contributed by atoms with E-state index in [-0.39, 0.29) is 0 Å². The van der Waals surface area contributed by atoms with E-state index in [1.54, 1.807) is 0 Å². The van der Waals surface area contributed by atoms with Gasteiger partial charge in [0.2, 0.25) is 0 Å². The molecule has 0 unspecified atom stereocenters. The highest BCUT2D eigenvalue weighted by Crippen LogP contribution is 2.02. The van der Waals surface area contributed by atoms with Gasteiger partial charge >= 0.3 is 0 Å². The monoisotopic (exact) mass is 170 g/mol. The molecule has 2 heteroatoms. The summed E-state index contributed by atoms with van der Waals surface area (Å²) in [6.45, 7) is 13.2. The van der Waals surface area contributed by atoms with Gasteiger partial charge in [0, 0.05) is 19.1 Å². The smallest absolute Gasteiger partial charge is 0.0205 e. The van der Waals surface area contributed by atoms with Gasteiger partial charge in [-0.15, -0.1) is 0 Å². The molecular weight excluding hydrogens is 148 g/mol. The first-order valence-electron chi connectivity index (χ1n) is 4.72. The third kappa shape index (κ3) is 4.52. The first kappa shape index (κ1) is 11.7. The molecular formula is C10H22N2. The van der Waals surface area contributed by atoms with Crippen LogP contribution in [0.1, 0.15) is 27.2 Å². The second-order valence-corrected chi connectivity index (χ2v) is 3.52. The molecule has 0 spiro atoms. The maximum Gasteiger partial charge on any atom is 0.0205 e. The van der Waals surface area contributed by atoms with Crippen LogP contribution in [0.4, 0.5) is 0 Å². The summed E-state index contributed by atoms with van der Waals surface area (Å²) in [6, 6.07) is 0.591. The van der Waals surface area contributed by atoms with E-state index in [2.05, 4.69) is 32.3 Å². The Balaban J connectivity index is 3.86. The normalized spacial score (nSPS) is 11.2. The van der Waals surface area contributed by atoms with Gasteiger partial charge in [0.25, 0.3) is 0 Å². The van der Waals surface area contributed by atoms with Gasteiger partial charge in [-0.25, -0.2) is 0 Å². The molecule has 0 aliphatic rings. The Bertz CT molecular complexity index is 130. The Hall–Kier alpha value is -0.340. The zero-order chi connectivity index (χ0) is 9.56. The van der Waals surface area contributed by atoms with Gasteiger partial charge in [-0.3, -0.25) is 4.90 Å². The zero-order valence-corrected chi connectivity index (χ0v) is 8.64. The number of rotatable bonds is 6. The topological polar surface area (TPSA) is 29.3 Å². The van der Waals surface area contributed by atoms with Crippen molar-refractivity contribution < 1.29 is 0 Å². The second kappa shape index (κ2) is 6.21. The molecule has 72 valence electrons. The minimum Gasteiger partial charge on any atom is -0.327 e. The predicted molar refractivity (Wildman–Crippen MR) is 55.2 cm³/mol. The van der Waals surface area contributed by atoms with E-state index in [9.17, 15) is 0 Å². The summed E-state index contributed by atoms with van der Waals surface area (Å²) in [4.78, 5) is 2.40. The average molecular weight is 170 g/mol. The van der Waals surface area contributed by atoms with Gasteiger partial charge < -0.3 is 5.73 Å². The molecule has 0 heterocycles.